The second-order valence-electron chi connectivity index (χ2n) is 6.14. The first-order valence-corrected chi connectivity index (χ1v) is 12.7. The van der Waals surface area contributed by atoms with Gasteiger partial charge in [0.1, 0.15) is 6.73 Å². The van der Waals surface area contributed by atoms with Crippen LogP contribution >= 0.6 is 10.7 Å². The number of fused-ring (bicyclic) bond motifs is 1. The SMILES string of the molecule is C[Si](C)(C)CCOCn1cc2c(S(=O)(=O)Cl)cccc2n1. The molecule has 5 nitrogen and oxygen atoms in total. The van der Waals surface area contributed by atoms with Crippen molar-refractivity contribution in [1.29, 1.82) is 0 Å². The van der Waals surface area contributed by atoms with Crippen LogP contribution in [0.4, 0.5) is 0 Å². The molecule has 0 N–H and O–H groups in total. The summed E-state index contributed by atoms with van der Waals surface area (Å²) in [5, 5.41) is 4.82. The molecule has 1 aromatic carbocycles. The number of halogens is 1. The van der Waals surface area contributed by atoms with E-state index in [1.54, 1.807) is 23.0 Å². The molecule has 0 aliphatic heterocycles. The van der Waals surface area contributed by atoms with Gasteiger partial charge in [0.25, 0.3) is 9.05 Å². The fourth-order valence-corrected chi connectivity index (χ4v) is 3.70. The summed E-state index contributed by atoms with van der Waals surface area (Å²) in [5.41, 5.74) is 0.588. The molecular weight excluding hydrogens is 328 g/mol. The highest BCUT2D eigenvalue weighted by molar-refractivity contribution is 8.14. The van der Waals surface area contributed by atoms with Crippen molar-refractivity contribution in [2.75, 3.05) is 6.61 Å². The number of aromatic nitrogens is 2. The Hall–Kier alpha value is -0.893. The molecule has 2 aromatic rings. The number of hydrogen-bond donors (Lipinski definition) is 0. The van der Waals surface area contributed by atoms with Crippen molar-refractivity contribution in [3.63, 3.8) is 0 Å². The Morgan fingerprint density at radius 1 is 1.33 bits per heavy atom. The molecule has 0 saturated heterocycles. The molecule has 116 valence electrons. The van der Waals surface area contributed by atoms with E-state index in [-0.39, 0.29) is 4.90 Å². The quantitative estimate of drug-likeness (QED) is 0.457. The van der Waals surface area contributed by atoms with Gasteiger partial charge in [-0.15, -0.1) is 0 Å². The van der Waals surface area contributed by atoms with Gasteiger partial charge in [-0.25, -0.2) is 13.1 Å². The van der Waals surface area contributed by atoms with Crippen LogP contribution in [0.25, 0.3) is 10.9 Å². The van der Waals surface area contributed by atoms with E-state index < -0.39 is 17.1 Å². The Balaban J connectivity index is 2.13. The van der Waals surface area contributed by atoms with E-state index in [1.807, 2.05) is 0 Å². The summed E-state index contributed by atoms with van der Waals surface area (Å²) in [4.78, 5) is 0.0787. The lowest BCUT2D eigenvalue weighted by atomic mass is 10.3. The van der Waals surface area contributed by atoms with Crippen LogP contribution < -0.4 is 0 Å². The van der Waals surface area contributed by atoms with Gasteiger partial charge in [-0.2, -0.15) is 5.10 Å². The molecule has 21 heavy (non-hydrogen) atoms. The third-order valence-corrected chi connectivity index (χ3v) is 6.12. The molecule has 0 atom stereocenters. The largest absolute Gasteiger partial charge is 0.360 e. The summed E-state index contributed by atoms with van der Waals surface area (Å²) in [6, 6.07) is 5.93. The topological polar surface area (TPSA) is 61.2 Å². The third-order valence-electron chi connectivity index (χ3n) is 3.04. The molecule has 0 aliphatic rings. The average molecular weight is 347 g/mol. The maximum Gasteiger partial charge on any atom is 0.262 e. The Labute approximate surface area is 130 Å². The summed E-state index contributed by atoms with van der Waals surface area (Å²) in [6.45, 7) is 7.86. The summed E-state index contributed by atoms with van der Waals surface area (Å²) in [6.07, 6.45) is 1.65. The van der Waals surface area contributed by atoms with Gasteiger partial charge in [0.15, 0.2) is 0 Å². The van der Waals surface area contributed by atoms with Crippen LogP contribution in [0, 0.1) is 0 Å². The van der Waals surface area contributed by atoms with Crippen molar-refractivity contribution in [2.24, 2.45) is 0 Å². The summed E-state index contributed by atoms with van der Waals surface area (Å²) in [7, 11) is 0.543. The number of rotatable bonds is 6. The zero-order valence-electron chi connectivity index (χ0n) is 12.3. The van der Waals surface area contributed by atoms with Crippen LogP contribution in [0.5, 0.6) is 0 Å². The Morgan fingerprint density at radius 2 is 2.05 bits per heavy atom. The van der Waals surface area contributed by atoms with Crippen LogP contribution in [0.3, 0.4) is 0 Å². The first-order valence-electron chi connectivity index (χ1n) is 6.65. The van der Waals surface area contributed by atoms with Gasteiger partial charge in [0.2, 0.25) is 0 Å². The van der Waals surface area contributed by atoms with Crippen molar-refractivity contribution in [3.8, 4) is 0 Å². The van der Waals surface area contributed by atoms with Crippen molar-refractivity contribution < 1.29 is 13.2 Å². The van der Waals surface area contributed by atoms with Crippen molar-refractivity contribution in [2.45, 2.75) is 37.3 Å². The summed E-state index contributed by atoms with van der Waals surface area (Å²) in [5.74, 6) is 0. The molecule has 2 rings (SSSR count). The number of hydrogen-bond acceptors (Lipinski definition) is 4. The standard InChI is InChI=1S/C13H19ClN2O3SSi/c1-21(2,3)8-7-19-10-16-9-11-12(15-16)5-4-6-13(11)20(14,17)18/h4-6,9H,7-8,10H2,1-3H3. The van der Waals surface area contributed by atoms with Gasteiger partial charge in [-0.1, -0.05) is 25.7 Å². The molecule has 0 radical (unpaired) electrons. The van der Waals surface area contributed by atoms with E-state index in [4.69, 9.17) is 15.4 Å². The lowest BCUT2D eigenvalue weighted by molar-refractivity contribution is 0.0791. The number of benzene rings is 1. The molecule has 0 unspecified atom stereocenters. The Morgan fingerprint density at radius 3 is 2.67 bits per heavy atom. The number of ether oxygens (including phenoxy) is 1. The smallest absolute Gasteiger partial charge is 0.262 e. The molecule has 0 amide bonds. The van der Waals surface area contributed by atoms with Crippen LogP contribution in [-0.2, 0) is 20.5 Å². The van der Waals surface area contributed by atoms with E-state index in [1.165, 1.54) is 6.07 Å². The minimum Gasteiger partial charge on any atom is -0.360 e. The monoisotopic (exact) mass is 346 g/mol. The van der Waals surface area contributed by atoms with Gasteiger partial charge >= 0.3 is 0 Å². The van der Waals surface area contributed by atoms with Crippen molar-refractivity contribution >= 4 is 38.7 Å². The van der Waals surface area contributed by atoms with Crippen LogP contribution in [0.15, 0.2) is 29.3 Å². The fraction of sp³-hybridized carbons (Fsp3) is 0.462. The van der Waals surface area contributed by atoms with E-state index >= 15 is 0 Å². The molecule has 0 saturated carbocycles. The number of nitrogens with zero attached hydrogens (tertiary/aromatic N) is 2. The first kappa shape index (κ1) is 16.5. The summed E-state index contributed by atoms with van der Waals surface area (Å²) >= 11 is 0. The van der Waals surface area contributed by atoms with Gasteiger partial charge in [0, 0.05) is 36.9 Å². The van der Waals surface area contributed by atoms with Crippen LogP contribution in [0.2, 0.25) is 25.7 Å². The van der Waals surface area contributed by atoms with Gasteiger partial charge in [-0.05, 0) is 18.2 Å². The van der Waals surface area contributed by atoms with Crippen molar-refractivity contribution in [1.82, 2.24) is 9.78 Å². The maximum atomic E-state index is 11.5. The molecule has 0 bridgehead atoms. The van der Waals surface area contributed by atoms with Crippen LogP contribution in [0.1, 0.15) is 0 Å². The highest BCUT2D eigenvalue weighted by Crippen LogP contribution is 2.24. The predicted octanol–water partition coefficient (Wildman–Crippen LogP) is 3.28. The van der Waals surface area contributed by atoms with Crippen molar-refractivity contribution in [3.05, 3.63) is 24.4 Å². The van der Waals surface area contributed by atoms with Gasteiger partial charge in [0.05, 0.1) is 10.4 Å². The van der Waals surface area contributed by atoms with Gasteiger partial charge < -0.3 is 4.74 Å². The van der Waals surface area contributed by atoms with E-state index in [0.29, 0.717) is 24.2 Å². The second-order valence-corrected chi connectivity index (χ2v) is 14.3. The normalized spacial score (nSPS) is 13.0. The molecule has 1 heterocycles. The highest BCUT2D eigenvalue weighted by atomic mass is 35.7. The molecule has 8 heteroatoms. The molecule has 0 spiro atoms. The molecule has 0 fully saturated rings. The average Bonchev–Trinajstić information content (AvgIpc) is 2.74. The van der Waals surface area contributed by atoms with Gasteiger partial charge in [-0.3, -0.25) is 0 Å². The van der Waals surface area contributed by atoms with E-state index in [0.717, 1.165) is 6.04 Å². The highest BCUT2D eigenvalue weighted by Gasteiger charge is 2.16. The fourth-order valence-electron chi connectivity index (χ4n) is 1.88. The zero-order chi connectivity index (χ0) is 15.7. The molecular formula is C13H19ClN2O3SSi. The van der Waals surface area contributed by atoms with Crippen LogP contribution in [-0.4, -0.2) is 32.9 Å². The minimum atomic E-state index is -3.78. The lowest BCUT2D eigenvalue weighted by Crippen LogP contribution is -2.22. The Bertz CT molecular complexity index is 737. The Kier molecular flexibility index (Phi) is 4.77. The maximum absolute atomic E-state index is 11.5. The minimum absolute atomic E-state index is 0.0787. The third kappa shape index (κ3) is 4.54. The van der Waals surface area contributed by atoms with E-state index in [2.05, 4.69) is 24.7 Å². The second kappa shape index (κ2) is 6.08. The molecule has 1 aromatic heterocycles. The van der Waals surface area contributed by atoms with E-state index in [9.17, 15) is 8.42 Å². The first-order chi connectivity index (χ1) is 9.67. The lowest BCUT2D eigenvalue weighted by Gasteiger charge is -2.15. The summed E-state index contributed by atoms with van der Waals surface area (Å²) < 4.78 is 30.3. The zero-order valence-corrected chi connectivity index (χ0v) is 14.9. The predicted molar refractivity (Wildman–Crippen MR) is 86.9 cm³/mol. The molecule has 0 aliphatic carbocycles.